The molecular weight excluding hydrogens is 350 g/mol. The van der Waals surface area contributed by atoms with Gasteiger partial charge in [0.2, 0.25) is 0 Å². The molecule has 1 unspecified atom stereocenters. The van der Waals surface area contributed by atoms with Gasteiger partial charge >= 0.3 is 0 Å². The minimum Gasteiger partial charge on any atom is -0.355 e. The maximum Gasteiger partial charge on any atom is 0.273 e. The van der Waals surface area contributed by atoms with Crippen molar-refractivity contribution in [2.24, 2.45) is 0 Å². The van der Waals surface area contributed by atoms with Crippen molar-refractivity contribution in [1.29, 1.82) is 0 Å². The fraction of sp³-hybridized carbons (Fsp3) is 0.304. The number of nitrogens with zero attached hydrogens (tertiary/aromatic N) is 2. The predicted octanol–water partition coefficient (Wildman–Crippen LogP) is 4.46. The van der Waals surface area contributed by atoms with Gasteiger partial charge in [-0.05, 0) is 25.6 Å². The van der Waals surface area contributed by atoms with E-state index in [1.807, 2.05) is 49.4 Å². The van der Waals surface area contributed by atoms with E-state index in [0.717, 1.165) is 18.7 Å². The second-order valence-electron chi connectivity index (χ2n) is 6.80. The molecule has 1 amide bonds. The molecule has 146 valence electrons. The summed E-state index contributed by atoms with van der Waals surface area (Å²) in [4.78, 5) is 15.0. The summed E-state index contributed by atoms with van der Waals surface area (Å²) >= 11 is 0. The van der Waals surface area contributed by atoms with Gasteiger partial charge in [-0.1, -0.05) is 79.2 Å². The van der Waals surface area contributed by atoms with Crippen LogP contribution in [0.15, 0.2) is 65.2 Å². The molecule has 1 aromatic heterocycles. The number of amides is 1. The third-order valence-corrected chi connectivity index (χ3v) is 4.97. The molecule has 0 aliphatic rings. The van der Waals surface area contributed by atoms with Crippen molar-refractivity contribution in [3.63, 3.8) is 0 Å². The molecular formula is C23H27N3O2. The Bertz CT molecular complexity index is 884. The van der Waals surface area contributed by atoms with Crippen LogP contribution in [0.1, 0.15) is 41.5 Å². The zero-order valence-electron chi connectivity index (χ0n) is 16.7. The average Bonchev–Trinajstić information content (AvgIpc) is 3.22. The summed E-state index contributed by atoms with van der Waals surface area (Å²) in [5, 5.41) is 6.97. The molecule has 3 aromatic rings. The van der Waals surface area contributed by atoms with Crippen LogP contribution in [0.2, 0.25) is 0 Å². The molecule has 0 aliphatic carbocycles. The Labute approximate surface area is 166 Å². The van der Waals surface area contributed by atoms with E-state index in [4.69, 9.17) is 4.52 Å². The SMILES string of the molecule is CCN(CC)C(CNC(=O)c1cc(-c2ccc(C)cc2)on1)c1ccccc1. The number of hydrogen-bond donors (Lipinski definition) is 1. The van der Waals surface area contributed by atoms with Crippen molar-refractivity contribution in [3.05, 3.63) is 77.5 Å². The van der Waals surface area contributed by atoms with Gasteiger partial charge in [-0.3, -0.25) is 9.69 Å². The van der Waals surface area contributed by atoms with E-state index < -0.39 is 0 Å². The van der Waals surface area contributed by atoms with E-state index in [0.29, 0.717) is 18.0 Å². The molecule has 3 rings (SSSR count). The van der Waals surface area contributed by atoms with Crippen LogP contribution in [0.25, 0.3) is 11.3 Å². The van der Waals surface area contributed by atoms with Crippen LogP contribution in [-0.4, -0.2) is 35.6 Å². The quantitative estimate of drug-likeness (QED) is 0.629. The van der Waals surface area contributed by atoms with Crippen LogP contribution in [0.3, 0.4) is 0 Å². The van der Waals surface area contributed by atoms with Gasteiger partial charge in [-0.15, -0.1) is 0 Å². The normalized spacial score (nSPS) is 12.1. The number of aromatic nitrogens is 1. The first-order chi connectivity index (χ1) is 13.6. The van der Waals surface area contributed by atoms with E-state index in [-0.39, 0.29) is 11.9 Å². The van der Waals surface area contributed by atoms with Crippen LogP contribution >= 0.6 is 0 Å². The van der Waals surface area contributed by atoms with Crippen molar-refractivity contribution < 1.29 is 9.32 Å². The van der Waals surface area contributed by atoms with Crippen molar-refractivity contribution in [2.75, 3.05) is 19.6 Å². The van der Waals surface area contributed by atoms with Crippen LogP contribution in [0.4, 0.5) is 0 Å². The first-order valence-electron chi connectivity index (χ1n) is 9.73. The molecule has 5 nitrogen and oxygen atoms in total. The van der Waals surface area contributed by atoms with Crippen molar-refractivity contribution in [2.45, 2.75) is 26.8 Å². The monoisotopic (exact) mass is 377 g/mol. The lowest BCUT2D eigenvalue weighted by atomic mass is 10.0. The van der Waals surface area contributed by atoms with E-state index in [1.54, 1.807) is 6.07 Å². The Balaban J connectivity index is 1.70. The van der Waals surface area contributed by atoms with Crippen LogP contribution in [0.5, 0.6) is 0 Å². The fourth-order valence-corrected chi connectivity index (χ4v) is 3.31. The largest absolute Gasteiger partial charge is 0.355 e. The Hall–Kier alpha value is -2.92. The van der Waals surface area contributed by atoms with Gasteiger partial charge in [0.05, 0.1) is 6.04 Å². The molecule has 0 bridgehead atoms. The molecule has 0 aliphatic heterocycles. The van der Waals surface area contributed by atoms with Crippen LogP contribution in [-0.2, 0) is 0 Å². The molecule has 0 radical (unpaired) electrons. The van der Waals surface area contributed by atoms with E-state index >= 15 is 0 Å². The summed E-state index contributed by atoms with van der Waals surface area (Å²) in [7, 11) is 0. The van der Waals surface area contributed by atoms with Gasteiger partial charge in [-0.25, -0.2) is 0 Å². The van der Waals surface area contributed by atoms with Gasteiger partial charge in [-0.2, -0.15) is 0 Å². The van der Waals surface area contributed by atoms with Gasteiger partial charge < -0.3 is 9.84 Å². The Morgan fingerprint density at radius 2 is 1.75 bits per heavy atom. The first-order valence-corrected chi connectivity index (χ1v) is 9.73. The van der Waals surface area contributed by atoms with E-state index in [9.17, 15) is 4.79 Å². The Morgan fingerprint density at radius 1 is 1.07 bits per heavy atom. The molecule has 1 N–H and O–H groups in total. The fourth-order valence-electron chi connectivity index (χ4n) is 3.31. The summed E-state index contributed by atoms with van der Waals surface area (Å²) in [6.45, 7) is 8.62. The molecule has 0 saturated carbocycles. The molecule has 1 atom stereocenters. The summed E-state index contributed by atoms with van der Waals surface area (Å²) in [6.07, 6.45) is 0. The summed E-state index contributed by atoms with van der Waals surface area (Å²) in [6, 6.07) is 20.0. The average molecular weight is 377 g/mol. The standard InChI is InChI=1S/C23H27N3O2/c1-4-26(5-2)21(18-9-7-6-8-10-18)16-24-23(27)20-15-22(28-25-20)19-13-11-17(3)12-14-19/h6-15,21H,4-5,16H2,1-3H3,(H,24,27). The van der Waals surface area contributed by atoms with Crippen molar-refractivity contribution in [3.8, 4) is 11.3 Å². The number of benzene rings is 2. The number of carbonyl (C=O) groups is 1. The molecule has 0 fully saturated rings. The molecule has 0 spiro atoms. The first kappa shape index (κ1) is 19.8. The van der Waals surface area contributed by atoms with E-state index in [2.05, 4.69) is 41.4 Å². The van der Waals surface area contributed by atoms with Crippen molar-refractivity contribution >= 4 is 5.91 Å². The number of rotatable bonds is 8. The van der Waals surface area contributed by atoms with Crippen LogP contribution < -0.4 is 5.32 Å². The van der Waals surface area contributed by atoms with Gasteiger partial charge in [0.25, 0.3) is 5.91 Å². The zero-order valence-corrected chi connectivity index (χ0v) is 16.7. The number of likely N-dealkylation sites (N-methyl/N-ethyl adjacent to an activating group) is 1. The third kappa shape index (κ3) is 4.67. The molecule has 1 heterocycles. The molecule has 2 aromatic carbocycles. The van der Waals surface area contributed by atoms with E-state index in [1.165, 1.54) is 11.1 Å². The maximum atomic E-state index is 12.6. The van der Waals surface area contributed by atoms with Gasteiger partial charge in [0, 0.05) is 18.2 Å². The minimum atomic E-state index is -0.227. The number of hydrogen-bond acceptors (Lipinski definition) is 4. The highest BCUT2D eigenvalue weighted by molar-refractivity contribution is 5.93. The Kier molecular flexibility index (Phi) is 6.61. The lowest BCUT2D eigenvalue weighted by Crippen LogP contribution is -2.38. The smallest absolute Gasteiger partial charge is 0.273 e. The minimum absolute atomic E-state index is 0.114. The molecule has 0 saturated heterocycles. The van der Waals surface area contributed by atoms with Gasteiger partial charge in [0.15, 0.2) is 11.5 Å². The topological polar surface area (TPSA) is 58.4 Å². The van der Waals surface area contributed by atoms with Crippen LogP contribution in [0, 0.1) is 6.92 Å². The lowest BCUT2D eigenvalue weighted by molar-refractivity contribution is 0.0926. The summed E-state index contributed by atoms with van der Waals surface area (Å²) in [5.41, 5.74) is 3.56. The Morgan fingerprint density at radius 3 is 2.39 bits per heavy atom. The molecule has 28 heavy (non-hydrogen) atoms. The predicted molar refractivity (Wildman–Crippen MR) is 111 cm³/mol. The highest BCUT2D eigenvalue weighted by atomic mass is 16.5. The third-order valence-electron chi connectivity index (χ3n) is 4.97. The van der Waals surface area contributed by atoms with Gasteiger partial charge in [0.1, 0.15) is 0 Å². The lowest BCUT2D eigenvalue weighted by Gasteiger charge is -2.30. The summed E-state index contributed by atoms with van der Waals surface area (Å²) < 4.78 is 5.37. The number of carbonyl (C=O) groups excluding carboxylic acids is 1. The second-order valence-corrected chi connectivity index (χ2v) is 6.80. The number of nitrogens with one attached hydrogen (secondary N) is 1. The summed E-state index contributed by atoms with van der Waals surface area (Å²) in [5.74, 6) is 0.365. The van der Waals surface area contributed by atoms with Crippen molar-refractivity contribution in [1.82, 2.24) is 15.4 Å². The number of aryl methyl sites for hydroxylation is 1. The zero-order chi connectivity index (χ0) is 19.9. The highest BCUT2D eigenvalue weighted by Gasteiger charge is 2.20. The maximum absolute atomic E-state index is 12.6. The highest BCUT2D eigenvalue weighted by Crippen LogP contribution is 2.22. The second kappa shape index (κ2) is 9.33. The molecule has 5 heteroatoms.